The molecule has 1 heterocycles. The van der Waals surface area contributed by atoms with Gasteiger partial charge in [0.05, 0.1) is 5.69 Å². The molecule has 0 aromatic heterocycles. The molecule has 1 atom stereocenters. The van der Waals surface area contributed by atoms with Gasteiger partial charge in [0.15, 0.2) is 5.54 Å². The summed E-state index contributed by atoms with van der Waals surface area (Å²) in [6.45, 7) is 1.62. The van der Waals surface area contributed by atoms with Crippen molar-refractivity contribution in [1.82, 2.24) is 5.32 Å². The Morgan fingerprint density at radius 1 is 1.22 bits per heavy atom. The van der Waals surface area contributed by atoms with Crippen LogP contribution in [0.1, 0.15) is 13.3 Å². The topological polar surface area (TPSA) is 92.5 Å². The first kappa shape index (κ1) is 12.3. The number of hydrogen-bond acceptors (Lipinski definition) is 4. The highest BCUT2D eigenvalue weighted by atomic mass is 16.2. The Labute approximate surface area is 104 Å². The molecular formula is C12H13N3O3. The van der Waals surface area contributed by atoms with E-state index in [0.717, 1.165) is 4.90 Å². The molecule has 4 amide bonds. The minimum Gasteiger partial charge on any atom is -0.309 e. The number of carbonyl (C=O) groups excluding carboxylic acids is 3. The number of barbiturate groups is 1. The van der Waals surface area contributed by atoms with E-state index in [4.69, 9.17) is 5.73 Å². The first-order valence-corrected chi connectivity index (χ1v) is 5.54. The van der Waals surface area contributed by atoms with Crippen molar-refractivity contribution in [1.29, 1.82) is 0 Å². The lowest BCUT2D eigenvalue weighted by Crippen LogP contribution is -2.72. The molecule has 6 heteroatoms. The van der Waals surface area contributed by atoms with Crippen LogP contribution in [-0.4, -0.2) is 23.4 Å². The molecule has 0 radical (unpaired) electrons. The van der Waals surface area contributed by atoms with Gasteiger partial charge in [-0.3, -0.25) is 14.9 Å². The Kier molecular flexibility index (Phi) is 2.88. The highest BCUT2D eigenvalue weighted by molar-refractivity contribution is 6.32. The second kappa shape index (κ2) is 4.23. The zero-order chi connectivity index (χ0) is 13.3. The molecule has 1 saturated heterocycles. The lowest BCUT2D eigenvalue weighted by Gasteiger charge is -2.35. The number of carbonyl (C=O) groups is 3. The van der Waals surface area contributed by atoms with Crippen LogP contribution in [0.5, 0.6) is 0 Å². The van der Waals surface area contributed by atoms with E-state index < -0.39 is 23.4 Å². The van der Waals surface area contributed by atoms with Gasteiger partial charge in [0, 0.05) is 0 Å². The van der Waals surface area contributed by atoms with E-state index in [1.54, 1.807) is 37.3 Å². The van der Waals surface area contributed by atoms with Gasteiger partial charge in [-0.1, -0.05) is 25.1 Å². The molecule has 1 aliphatic heterocycles. The van der Waals surface area contributed by atoms with Crippen molar-refractivity contribution in [3.05, 3.63) is 30.3 Å². The fraction of sp³-hybridized carbons (Fsp3) is 0.250. The molecule has 1 unspecified atom stereocenters. The van der Waals surface area contributed by atoms with E-state index in [1.165, 1.54) is 0 Å². The number of anilines is 1. The minimum absolute atomic E-state index is 0.119. The van der Waals surface area contributed by atoms with Crippen molar-refractivity contribution in [3.63, 3.8) is 0 Å². The van der Waals surface area contributed by atoms with Crippen molar-refractivity contribution in [2.75, 3.05) is 4.90 Å². The number of nitrogens with one attached hydrogen (secondary N) is 1. The van der Waals surface area contributed by atoms with E-state index in [9.17, 15) is 14.4 Å². The molecular weight excluding hydrogens is 234 g/mol. The largest absolute Gasteiger partial charge is 0.335 e. The van der Waals surface area contributed by atoms with Crippen molar-refractivity contribution in [2.24, 2.45) is 5.73 Å². The Bertz CT molecular complexity index is 515. The normalized spacial score (nSPS) is 24.1. The Hall–Kier alpha value is -2.21. The third kappa shape index (κ3) is 1.67. The molecule has 0 saturated carbocycles. The van der Waals surface area contributed by atoms with Gasteiger partial charge in [-0.2, -0.15) is 0 Å². The Morgan fingerprint density at radius 3 is 2.39 bits per heavy atom. The standard InChI is InChI=1S/C12H13N3O3/c1-2-12(13)9(16)14-11(18)15(10(12)17)8-6-4-3-5-7-8/h3-7H,2,13H2,1H3,(H,14,16,18). The van der Waals surface area contributed by atoms with E-state index in [1.807, 2.05) is 0 Å². The quantitative estimate of drug-likeness (QED) is 0.739. The highest BCUT2D eigenvalue weighted by Gasteiger charge is 2.50. The summed E-state index contributed by atoms with van der Waals surface area (Å²) in [5.41, 5.74) is 4.47. The molecule has 0 aliphatic carbocycles. The smallest absolute Gasteiger partial charge is 0.309 e. The van der Waals surface area contributed by atoms with Crippen LogP contribution >= 0.6 is 0 Å². The first-order valence-electron chi connectivity index (χ1n) is 5.54. The molecule has 1 aromatic carbocycles. The Balaban J connectivity index is 2.45. The molecule has 0 spiro atoms. The third-order valence-electron chi connectivity index (χ3n) is 2.99. The van der Waals surface area contributed by atoms with Crippen molar-refractivity contribution in [3.8, 4) is 0 Å². The summed E-state index contributed by atoms with van der Waals surface area (Å²) in [6.07, 6.45) is 0.119. The highest BCUT2D eigenvalue weighted by Crippen LogP contribution is 2.22. The van der Waals surface area contributed by atoms with Gasteiger partial charge in [0.2, 0.25) is 0 Å². The van der Waals surface area contributed by atoms with Gasteiger partial charge < -0.3 is 5.73 Å². The van der Waals surface area contributed by atoms with Crippen LogP contribution in [0.25, 0.3) is 0 Å². The van der Waals surface area contributed by atoms with Gasteiger partial charge in [0.25, 0.3) is 11.8 Å². The second-order valence-electron chi connectivity index (χ2n) is 4.06. The van der Waals surface area contributed by atoms with Crippen LogP contribution in [0.4, 0.5) is 10.5 Å². The van der Waals surface area contributed by atoms with Gasteiger partial charge in [-0.05, 0) is 18.6 Å². The number of rotatable bonds is 2. The summed E-state index contributed by atoms with van der Waals surface area (Å²) in [6, 6.07) is 7.57. The number of imide groups is 2. The number of nitrogens with zero attached hydrogens (tertiary/aromatic N) is 1. The average Bonchev–Trinajstić information content (AvgIpc) is 2.37. The van der Waals surface area contributed by atoms with Gasteiger partial charge in [-0.15, -0.1) is 0 Å². The fourth-order valence-corrected chi connectivity index (χ4v) is 1.78. The van der Waals surface area contributed by atoms with E-state index >= 15 is 0 Å². The van der Waals surface area contributed by atoms with Gasteiger partial charge >= 0.3 is 6.03 Å². The summed E-state index contributed by atoms with van der Waals surface area (Å²) >= 11 is 0. The summed E-state index contributed by atoms with van der Waals surface area (Å²) in [4.78, 5) is 36.5. The fourth-order valence-electron chi connectivity index (χ4n) is 1.78. The summed E-state index contributed by atoms with van der Waals surface area (Å²) in [7, 11) is 0. The second-order valence-corrected chi connectivity index (χ2v) is 4.06. The lowest BCUT2D eigenvalue weighted by atomic mass is 9.92. The van der Waals surface area contributed by atoms with Crippen LogP contribution in [0.2, 0.25) is 0 Å². The summed E-state index contributed by atoms with van der Waals surface area (Å²) in [5.74, 6) is -1.46. The van der Waals surface area contributed by atoms with E-state index in [0.29, 0.717) is 5.69 Å². The van der Waals surface area contributed by atoms with Crippen molar-refractivity contribution >= 4 is 23.5 Å². The molecule has 94 valence electrons. The zero-order valence-electron chi connectivity index (χ0n) is 9.84. The van der Waals surface area contributed by atoms with Crippen LogP contribution in [0.3, 0.4) is 0 Å². The summed E-state index contributed by atoms with van der Waals surface area (Å²) in [5, 5.41) is 2.10. The number of hydrogen-bond donors (Lipinski definition) is 2. The monoisotopic (exact) mass is 247 g/mol. The van der Waals surface area contributed by atoms with Gasteiger partial charge in [0.1, 0.15) is 0 Å². The molecule has 1 aliphatic rings. The maximum absolute atomic E-state index is 12.2. The average molecular weight is 247 g/mol. The molecule has 0 bridgehead atoms. The minimum atomic E-state index is -1.69. The molecule has 3 N–H and O–H groups in total. The van der Waals surface area contributed by atoms with E-state index in [-0.39, 0.29) is 6.42 Å². The molecule has 18 heavy (non-hydrogen) atoms. The molecule has 1 aromatic rings. The molecule has 6 nitrogen and oxygen atoms in total. The third-order valence-corrected chi connectivity index (χ3v) is 2.99. The van der Waals surface area contributed by atoms with Gasteiger partial charge in [-0.25, -0.2) is 9.69 Å². The maximum atomic E-state index is 12.2. The predicted molar refractivity (Wildman–Crippen MR) is 64.7 cm³/mol. The summed E-state index contributed by atoms with van der Waals surface area (Å²) < 4.78 is 0. The van der Waals surface area contributed by atoms with E-state index in [2.05, 4.69) is 5.32 Å². The van der Waals surface area contributed by atoms with Crippen molar-refractivity contribution in [2.45, 2.75) is 18.9 Å². The Morgan fingerprint density at radius 2 is 1.83 bits per heavy atom. The number of benzene rings is 1. The van der Waals surface area contributed by atoms with Crippen LogP contribution in [0, 0.1) is 0 Å². The number of nitrogens with two attached hydrogens (primary N) is 1. The maximum Gasteiger partial charge on any atom is 0.335 e. The SMILES string of the molecule is CCC1(N)C(=O)NC(=O)N(c2ccccc2)C1=O. The zero-order valence-corrected chi connectivity index (χ0v) is 9.84. The first-order chi connectivity index (χ1) is 8.50. The van der Waals surface area contributed by atoms with Crippen LogP contribution in [-0.2, 0) is 9.59 Å². The number of para-hydroxylation sites is 1. The van der Waals surface area contributed by atoms with Crippen LogP contribution in [0.15, 0.2) is 30.3 Å². The lowest BCUT2D eigenvalue weighted by molar-refractivity contribution is -0.136. The molecule has 1 fully saturated rings. The molecule has 2 rings (SSSR count). The van der Waals surface area contributed by atoms with Crippen molar-refractivity contribution < 1.29 is 14.4 Å². The number of amides is 4. The predicted octanol–water partition coefficient (Wildman–Crippen LogP) is 0.377. The number of urea groups is 1. The van der Waals surface area contributed by atoms with Crippen LogP contribution < -0.4 is 16.0 Å².